The number of halogens is 1. The molecule has 0 aromatic carbocycles. The van der Waals surface area contributed by atoms with Crippen molar-refractivity contribution >= 4 is 5.97 Å². The summed E-state index contributed by atoms with van der Waals surface area (Å²) < 4.78 is 29.6. The van der Waals surface area contributed by atoms with Crippen molar-refractivity contribution < 1.29 is 23.4 Å². The first-order valence-corrected chi connectivity index (χ1v) is 11.4. The molecule has 0 radical (unpaired) electrons. The Balaban J connectivity index is 3.41. The number of carbonyl (C=O) groups is 1. The van der Waals surface area contributed by atoms with E-state index in [1.165, 1.54) is 91.1 Å². The van der Waals surface area contributed by atoms with E-state index >= 15 is 0 Å². The third-order valence-corrected chi connectivity index (χ3v) is 4.94. The van der Waals surface area contributed by atoms with E-state index < -0.39 is 11.6 Å². The number of alkyl halides is 1. The summed E-state index contributed by atoms with van der Waals surface area (Å²) in [4.78, 5) is 10.8. The first-order valence-electron chi connectivity index (χ1n) is 11.4. The van der Waals surface area contributed by atoms with Crippen molar-refractivity contribution in [3.63, 3.8) is 0 Å². The molecule has 0 fully saturated rings. The van der Waals surface area contributed by atoms with Gasteiger partial charge in [0, 0.05) is 20.6 Å². The average molecular weight is 405 g/mol. The lowest BCUT2D eigenvalue weighted by Gasteiger charge is -2.23. The summed E-state index contributed by atoms with van der Waals surface area (Å²) >= 11 is 0. The largest absolute Gasteiger partial charge is 0.462 e. The molecule has 0 amide bonds. The number of esters is 1. The molecule has 0 saturated carbocycles. The van der Waals surface area contributed by atoms with Crippen LogP contribution in [0, 0.1) is 0 Å². The maximum absolute atomic E-state index is 14.5. The summed E-state index contributed by atoms with van der Waals surface area (Å²) in [5, 5.41) is 0. The predicted octanol–water partition coefficient (Wildman–Crippen LogP) is 6.40. The Morgan fingerprint density at radius 2 is 1.21 bits per heavy atom. The minimum absolute atomic E-state index is 0.105. The molecule has 28 heavy (non-hydrogen) atoms. The van der Waals surface area contributed by atoms with Crippen molar-refractivity contribution in [3.05, 3.63) is 0 Å². The Labute approximate surface area is 172 Å². The molecule has 0 aromatic rings. The van der Waals surface area contributed by atoms with Crippen molar-refractivity contribution in [1.82, 2.24) is 0 Å². The molecule has 0 rings (SSSR count). The number of methoxy groups -OCH3 is 1. The lowest BCUT2D eigenvalue weighted by Crippen LogP contribution is -2.40. The van der Waals surface area contributed by atoms with Crippen molar-refractivity contribution in [3.8, 4) is 0 Å². The molecule has 1 unspecified atom stereocenters. The number of rotatable bonds is 21. The molecule has 0 heterocycles. The van der Waals surface area contributed by atoms with Gasteiger partial charge in [0.2, 0.25) is 0 Å². The Morgan fingerprint density at radius 1 is 0.750 bits per heavy atom. The first kappa shape index (κ1) is 27.3. The summed E-state index contributed by atoms with van der Waals surface area (Å²) in [5.74, 6) is -0.495. The number of hydrogen-bond donors (Lipinski definition) is 0. The van der Waals surface area contributed by atoms with Gasteiger partial charge in [-0.3, -0.25) is 4.79 Å². The highest BCUT2D eigenvalue weighted by Gasteiger charge is 2.32. The van der Waals surface area contributed by atoms with Gasteiger partial charge in [-0.05, 0) is 6.42 Å². The van der Waals surface area contributed by atoms with Crippen molar-refractivity contribution in [2.45, 2.75) is 109 Å². The summed E-state index contributed by atoms with van der Waals surface area (Å²) in [6.07, 6.45) is 18.3. The Kier molecular flexibility index (Phi) is 19.2. The molecule has 0 aromatic heterocycles. The fourth-order valence-corrected chi connectivity index (χ4v) is 3.27. The molecule has 1 atom stereocenters. The molecule has 0 spiro atoms. The smallest absolute Gasteiger partial charge is 0.302 e. The van der Waals surface area contributed by atoms with E-state index in [4.69, 9.17) is 14.2 Å². The van der Waals surface area contributed by atoms with Gasteiger partial charge in [-0.1, -0.05) is 90.4 Å². The fourth-order valence-electron chi connectivity index (χ4n) is 3.27. The third kappa shape index (κ3) is 18.7. The zero-order valence-electron chi connectivity index (χ0n) is 18.7. The normalized spacial score (nSPS) is 13.4. The third-order valence-electron chi connectivity index (χ3n) is 4.94. The van der Waals surface area contributed by atoms with Crippen LogP contribution in [0.4, 0.5) is 4.39 Å². The van der Waals surface area contributed by atoms with E-state index in [9.17, 15) is 9.18 Å². The maximum Gasteiger partial charge on any atom is 0.302 e. The van der Waals surface area contributed by atoms with Crippen LogP contribution >= 0.6 is 0 Å². The van der Waals surface area contributed by atoms with Crippen LogP contribution in [-0.4, -0.2) is 45.2 Å². The van der Waals surface area contributed by atoms with Crippen molar-refractivity contribution in [1.29, 1.82) is 0 Å². The van der Waals surface area contributed by atoms with E-state index in [0.29, 0.717) is 6.61 Å². The molecule has 4 nitrogen and oxygen atoms in total. The van der Waals surface area contributed by atoms with Crippen LogP contribution < -0.4 is 0 Å². The van der Waals surface area contributed by atoms with Crippen LogP contribution in [0.2, 0.25) is 0 Å². The van der Waals surface area contributed by atoms with Crippen molar-refractivity contribution in [2.24, 2.45) is 0 Å². The Hall–Kier alpha value is -0.680. The predicted molar refractivity (Wildman–Crippen MR) is 113 cm³/mol. The number of unbranched alkanes of at least 4 members (excludes halogenated alkanes) is 13. The van der Waals surface area contributed by atoms with Gasteiger partial charge in [0.15, 0.2) is 5.67 Å². The molecule has 0 aliphatic heterocycles. The summed E-state index contributed by atoms with van der Waals surface area (Å²) in [6.45, 7) is 3.50. The maximum atomic E-state index is 14.5. The van der Waals surface area contributed by atoms with Gasteiger partial charge in [0.05, 0.1) is 13.2 Å². The van der Waals surface area contributed by atoms with E-state index in [1.807, 2.05) is 0 Å². The van der Waals surface area contributed by atoms with Gasteiger partial charge < -0.3 is 14.2 Å². The van der Waals surface area contributed by atoms with E-state index in [0.717, 1.165) is 12.8 Å². The molecule has 0 N–H and O–H groups in total. The summed E-state index contributed by atoms with van der Waals surface area (Å²) in [7, 11) is 1.43. The highest BCUT2D eigenvalue weighted by Crippen LogP contribution is 2.15. The van der Waals surface area contributed by atoms with E-state index in [2.05, 4.69) is 6.92 Å². The van der Waals surface area contributed by atoms with Crippen LogP contribution in [-0.2, 0) is 19.0 Å². The quantitative estimate of drug-likeness (QED) is 0.164. The standard InChI is InChI=1S/C23H45FO4/c1-4-5-6-7-8-9-10-11-12-13-14-15-16-17-18-27-20-23(24,19-26-3)21-28-22(2)25/h4-21H2,1-3H3. The fraction of sp³-hybridized carbons (Fsp3) is 0.957. The van der Waals surface area contributed by atoms with Crippen molar-refractivity contribution in [2.75, 3.05) is 33.5 Å². The van der Waals surface area contributed by atoms with Crippen LogP contribution in [0.15, 0.2) is 0 Å². The lowest BCUT2D eigenvalue weighted by atomic mass is 10.0. The minimum Gasteiger partial charge on any atom is -0.462 e. The lowest BCUT2D eigenvalue weighted by molar-refractivity contribution is -0.150. The number of ether oxygens (including phenoxy) is 3. The SMILES string of the molecule is CCCCCCCCCCCCCCCCOCC(F)(COC)COC(C)=O. The molecule has 0 aliphatic rings. The molecule has 0 aliphatic carbocycles. The van der Waals surface area contributed by atoms with E-state index in [1.54, 1.807) is 0 Å². The summed E-state index contributed by atoms with van der Waals surface area (Å²) in [5.41, 5.74) is -1.77. The zero-order valence-corrected chi connectivity index (χ0v) is 18.7. The van der Waals surface area contributed by atoms with E-state index in [-0.39, 0.29) is 19.8 Å². The molecular weight excluding hydrogens is 359 g/mol. The number of hydrogen-bond acceptors (Lipinski definition) is 4. The van der Waals surface area contributed by atoms with Crippen LogP contribution in [0.1, 0.15) is 104 Å². The van der Waals surface area contributed by atoms with Crippen LogP contribution in [0.5, 0.6) is 0 Å². The van der Waals surface area contributed by atoms with Gasteiger partial charge in [-0.2, -0.15) is 0 Å². The van der Waals surface area contributed by atoms with Gasteiger partial charge >= 0.3 is 5.97 Å². The molecule has 5 heteroatoms. The number of carbonyl (C=O) groups excluding carboxylic acids is 1. The Bertz CT molecular complexity index is 351. The summed E-state index contributed by atoms with van der Waals surface area (Å²) in [6, 6.07) is 0. The zero-order chi connectivity index (χ0) is 20.9. The molecule has 168 valence electrons. The minimum atomic E-state index is -1.77. The monoisotopic (exact) mass is 404 g/mol. The second-order valence-electron chi connectivity index (χ2n) is 8.01. The van der Waals surface area contributed by atoms with Gasteiger partial charge in [-0.25, -0.2) is 4.39 Å². The highest BCUT2D eigenvalue weighted by atomic mass is 19.1. The second kappa shape index (κ2) is 19.6. The first-order chi connectivity index (χ1) is 13.5. The highest BCUT2D eigenvalue weighted by molar-refractivity contribution is 5.65. The van der Waals surface area contributed by atoms with Gasteiger partial charge in [0.25, 0.3) is 0 Å². The average Bonchev–Trinajstić information content (AvgIpc) is 2.66. The molecule has 0 bridgehead atoms. The Morgan fingerprint density at radius 3 is 1.64 bits per heavy atom. The molecule has 0 saturated heterocycles. The topological polar surface area (TPSA) is 44.8 Å². The second-order valence-corrected chi connectivity index (χ2v) is 8.01. The molecular formula is C23H45FO4. The van der Waals surface area contributed by atoms with Crippen LogP contribution in [0.25, 0.3) is 0 Å². The van der Waals surface area contributed by atoms with Gasteiger partial charge in [0.1, 0.15) is 6.61 Å². The van der Waals surface area contributed by atoms with Gasteiger partial charge in [-0.15, -0.1) is 0 Å². The van der Waals surface area contributed by atoms with Crippen LogP contribution in [0.3, 0.4) is 0 Å².